The van der Waals surface area contributed by atoms with Crippen LogP contribution in [0.5, 0.6) is 0 Å². The van der Waals surface area contributed by atoms with Crippen LogP contribution in [0.2, 0.25) is 0 Å². The molecule has 1 aromatic rings. The third-order valence-corrected chi connectivity index (χ3v) is 1.41. The van der Waals surface area contributed by atoms with Gasteiger partial charge in [0.05, 0.1) is 5.56 Å². The Morgan fingerprint density at radius 1 is 1.46 bits per heavy atom. The third-order valence-electron chi connectivity index (χ3n) is 1.41. The lowest BCUT2D eigenvalue weighted by atomic mass is 10.2. The monoisotopic (exact) mass is 189 g/mol. The van der Waals surface area contributed by atoms with Gasteiger partial charge in [0, 0.05) is 0 Å². The Hall–Kier alpha value is -1.72. The van der Waals surface area contributed by atoms with Gasteiger partial charge in [0.1, 0.15) is 5.69 Å². The molecule has 1 aromatic heterocycles. The maximum atomic E-state index is 12.0. The summed E-state index contributed by atoms with van der Waals surface area (Å²) in [4.78, 5) is 22.9. The van der Waals surface area contributed by atoms with Gasteiger partial charge < -0.3 is 10.1 Å². The van der Waals surface area contributed by atoms with Gasteiger partial charge in [-0.3, -0.25) is 4.79 Å². The minimum absolute atomic E-state index is 0.408. The number of pyridine rings is 1. The SMILES string of the molecule is O=C(O)c1ccc(C(F)F)c(=O)[nH]1. The topological polar surface area (TPSA) is 70.2 Å². The summed E-state index contributed by atoms with van der Waals surface area (Å²) in [6.07, 6.45) is -2.90. The molecule has 0 aromatic carbocycles. The molecule has 0 amide bonds. The number of carboxylic acid groups (broad SMARTS) is 1. The zero-order valence-electron chi connectivity index (χ0n) is 6.25. The lowest BCUT2D eigenvalue weighted by molar-refractivity contribution is 0.0689. The maximum absolute atomic E-state index is 12.0. The molecule has 6 heteroatoms. The highest BCUT2D eigenvalue weighted by Gasteiger charge is 2.13. The van der Waals surface area contributed by atoms with E-state index in [2.05, 4.69) is 0 Å². The van der Waals surface area contributed by atoms with Crippen LogP contribution in [-0.2, 0) is 0 Å². The largest absolute Gasteiger partial charge is 0.477 e. The van der Waals surface area contributed by atoms with Crippen LogP contribution in [-0.4, -0.2) is 16.1 Å². The smallest absolute Gasteiger partial charge is 0.352 e. The molecule has 0 aliphatic rings. The van der Waals surface area contributed by atoms with E-state index in [4.69, 9.17) is 5.11 Å². The Morgan fingerprint density at radius 2 is 2.08 bits per heavy atom. The summed E-state index contributed by atoms with van der Waals surface area (Å²) in [5, 5.41) is 8.38. The fourth-order valence-electron chi connectivity index (χ4n) is 0.782. The molecular formula is C7H5F2NO3. The van der Waals surface area contributed by atoms with Gasteiger partial charge in [-0.2, -0.15) is 0 Å². The van der Waals surface area contributed by atoms with Gasteiger partial charge in [0.25, 0.3) is 12.0 Å². The van der Waals surface area contributed by atoms with E-state index in [0.29, 0.717) is 0 Å². The molecule has 0 atom stereocenters. The Balaban J connectivity index is 3.21. The number of H-pyrrole nitrogens is 1. The Kier molecular flexibility index (Phi) is 2.41. The standard InChI is InChI=1S/C7H5F2NO3/c8-5(9)3-1-2-4(7(12)13)10-6(3)11/h1-2,5H,(H,10,11)(H,12,13). The number of hydrogen-bond donors (Lipinski definition) is 2. The fourth-order valence-corrected chi connectivity index (χ4v) is 0.782. The molecule has 0 saturated carbocycles. The van der Waals surface area contributed by atoms with Crippen molar-refractivity contribution >= 4 is 5.97 Å². The summed E-state index contributed by atoms with van der Waals surface area (Å²) in [6, 6.07) is 1.72. The van der Waals surface area contributed by atoms with Crippen LogP contribution in [0, 0.1) is 0 Å². The van der Waals surface area contributed by atoms with Gasteiger partial charge in [-0.05, 0) is 12.1 Å². The number of alkyl halides is 2. The fraction of sp³-hybridized carbons (Fsp3) is 0.143. The van der Waals surface area contributed by atoms with E-state index in [1.54, 1.807) is 0 Å². The van der Waals surface area contributed by atoms with Crippen molar-refractivity contribution in [3.05, 3.63) is 33.7 Å². The molecule has 0 saturated heterocycles. The molecule has 70 valence electrons. The average Bonchev–Trinajstić information content (AvgIpc) is 2.03. The van der Waals surface area contributed by atoms with Gasteiger partial charge in [-0.15, -0.1) is 0 Å². The summed E-state index contributed by atoms with van der Waals surface area (Å²) >= 11 is 0. The van der Waals surface area contributed by atoms with E-state index >= 15 is 0 Å². The summed E-state index contributed by atoms with van der Waals surface area (Å²) in [5.74, 6) is -1.36. The van der Waals surface area contributed by atoms with Crippen molar-refractivity contribution < 1.29 is 18.7 Å². The van der Waals surface area contributed by atoms with Gasteiger partial charge in [0.15, 0.2) is 0 Å². The number of carboxylic acids is 1. The molecular weight excluding hydrogens is 184 g/mol. The minimum atomic E-state index is -2.90. The summed E-state index contributed by atoms with van der Waals surface area (Å²) < 4.78 is 24.0. The molecule has 0 aliphatic carbocycles. The van der Waals surface area contributed by atoms with Crippen molar-refractivity contribution in [2.75, 3.05) is 0 Å². The quantitative estimate of drug-likeness (QED) is 0.729. The van der Waals surface area contributed by atoms with E-state index in [1.807, 2.05) is 4.98 Å². The zero-order chi connectivity index (χ0) is 10.0. The molecule has 0 bridgehead atoms. The number of halogens is 2. The molecule has 2 N–H and O–H groups in total. The molecule has 1 rings (SSSR count). The van der Waals surface area contributed by atoms with Crippen LogP contribution in [0.25, 0.3) is 0 Å². The molecule has 0 radical (unpaired) electrons. The van der Waals surface area contributed by atoms with Gasteiger partial charge in [0.2, 0.25) is 0 Å². The lowest BCUT2D eigenvalue weighted by Crippen LogP contribution is -2.16. The van der Waals surface area contributed by atoms with Crippen LogP contribution in [0.3, 0.4) is 0 Å². The third kappa shape index (κ3) is 1.90. The second kappa shape index (κ2) is 3.34. The average molecular weight is 189 g/mol. The van der Waals surface area contributed by atoms with Crippen LogP contribution in [0.15, 0.2) is 16.9 Å². The highest BCUT2D eigenvalue weighted by molar-refractivity contribution is 5.85. The number of rotatable bonds is 2. The first kappa shape index (κ1) is 9.37. The minimum Gasteiger partial charge on any atom is -0.477 e. The summed E-state index contributed by atoms with van der Waals surface area (Å²) in [6.45, 7) is 0. The molecule has 0 unspecified atom stereocenters. The second-order valence-electron chi connectivity index (χ2n) is 2.26. The first-order valence-corrected chi connectivity index (χ1v) is 3.27. The molecule has 4 nitrogen and oxygen atoms in total. The molecule has 0 fully saturated rings. The Labute approximate surface area is 70.8 Å². The Bertz CT molecular complexity index is 386. The number of nitrogens with one attached hydrogen (secondary N) is 1. The summed E-state index contributed by atoms with van der Waals surface area (Å²) in [5.41, 5.74) is -2.21. The molecule has 1 heterocycles. The zero-order valence-corrected chi connectivity index (χ0v) is 6.25. The van der Waals surface area contributed by atoms with Crippen molar-refractivity contribution in [1.29, 1.82) is 0 Å². The Morgan fingerprint density at radius 3 is 2.46 bits per heavy atom. The predicted octanol–water partition coefficient (Wildman–Crippen LogP) is 1.01. The van der Waals surface area contributed by atoms with E-state index in [-0.39, 0.29) is 0 Å². The number of aromatic amines is 1. The lowest BCUT2D eigenvalue weighted by Gasteiger charge is -1.98. The first-order chi connectivity index (χ1) is 6.02. The number of carbonyl (C=O) groups is 1. The normalized spacial score (nSPS) is 10.4. The predicted molar refractivity (Wildman–Crippen MR) is 39.0 cm³/mol. The first-order valence-electron chi connectivity index (χ1n) is 3.27. The van der Waals surface area contributed by atoms with Crippen LogP contribution in [0.4, 0.5) is 8.78 Å². The molecule has 0 spiro atoms. The highest BCUT2D eigenvalue weighted by Crippen LogP contribution is 2.13. The van der Waals surface area contributed by atoms with Crippen molar-refractivity contribution in [2.24, 2.45) is 0 Å². The van der Waals surface area contributed by atoms with E-state index in [9.17, 15) is 18.4 Å². The van der Waals surface area contributed by atoms with Crippen LogP contribution in [0.1, 0.15) is 22.5 Å². The van der Waals surface area contributed by atoms with E-state index < -0.39 is 29.2 Å². The van der Waals surface area contributed by atoms with E-state index in [0.717, 1.165) is 12.1 Å². The van der Waals surface area contributed by atoms with Crippen molar-refractivity contribution in [3.63, 3.8) is 0 Å². The van der Waals surface area contributed by atoms with Gasteiger partial charge >= 0.3 is 5.97 Å². The number of hydrogen-bond acceptors (Lipinski definition) is 2. The molecule has 13 heavy (non-hydrogen) atoms. The van der Waals surface area contributed by atoms with Crippen molar-refractivity contribution in [1.82, 2.24) is 4.98 Å². The number of aromatic carboxylic acids is 1. The van der Waals surface area contributed by atoms with E-state index in [1.165, 1.54) is 0 Å². The van der Waals surface area contributed by atoms with Crippen molar-refractivity contribution in [3.8, 4) is 0 Å². The van der Waals surface area contributed by atoms with Crippen LogP contribution < -0.4 is 5.56 Å². The summed E-state index contributed by atoms with van der Waals surface area (Å²) in [7, 11) is 0. The highest BCUT2D eigenvalue weighted by atomic mass is 19.3. The molecule has 0 aliphatic heterocycles. The van der Waals surface area contributed by atoms with Gasteiger partial charge in [-0.1, -0.05) is 0 Å². The van der Waals surface area contributed by atoms with Gasteiger partial charge in [-0.25, -0.2) is 13.6 Å². The number of aromatic nitrogens is 1. The van der Waals surface area contributed by atoms with Crippen LogP contribution >= 0.6 is 0 Å². The second-order valence-corrected chi connectivity index (χ2v) is 2.26. The van der Waals surface area contributed by atoms with Crippen molar-refractivity contribution in [2.45, 2.75) is 6.43 Å². The maximum Gasteiger partial charge on any atom is 0.352 e.